The number of nitrogens with one attached hydrogen (secondary N) is 1. The number of hydrogen-bond acceptors (Lipinski definition) is 6. The van der Waals surface area contributed by atoms with Crippen molar-refractivity contribution in [3.8, 4) is 0 Å². The quantitative estimate of drug-likeness (QED) is 0.465. The molecular weight excluding hydrogens is 326 g/mol. The van der Waals surface area contributed by atoms with Crippen LogP contribution in [0.4, 0.5) is 0 Å². The minimum absolute atomic E-state index is 0.0128. The number of methoxy groups -OCH3 is 1. The van der Waals surface area contributed by atoms with E-state index in [9.17, 15) is 9.59 Å². The molecule has 0 spiro atoms. The van der Waals surface area contributed by atoms with E-state index in [4.69, 9.17) is 10.5 Å². The Bertz CT molecular complexity index is 523. The average Bonchev–Trinajstić information content (AvgIpc) is 2.59. The molecule has 0 aromatic carbocycles. The van der Waals surface area contributed by atoms with E-state index < -0.39 is 11.6 Å². The van der Waals surface area contributed by atoms with Crippen molar-refractivity contribution < 1.29 is 14.3 Å². The summed E-state index contributed by atoms with van der Waals surface area (Å²) < 4.78 is 5.18. The molecule has 0 unspecified atom stereocenters. The number of nitrogens with zero attached hydrogens (tertiary/aromatic N) is 1. The number of amides is 1. The Kier molecular flexibility index (Phi) is 8.95. The zero-order valence-corrected chi connectivity index (χ0v) is 15.4. The van der Waals surface area contributed by atoms with E-state index in [0.717, 1.165) is 17.7 Å². The molecule has 0 fully saturated rings. The van der Waals surface area contributed by atoms with Gasteiger partial charge in [0.25, 0.3) is 5.91 Å². The number of hydrogen-bond donors (Lipinski definition) is 2. The van der Waals surface area contributed by atoms with Crippen molar-refractivity contribution in [2.75, 3.05) is 19.4 Å². The summed E-state index contributed by atoms with van der Waals surface area (Å²) >= 11 is 1.42. The van der Waals surface area contributed by atoms with Crippen molar-refractivity contribution in [2.45, 2.75) is 49.6 Å². The van der Waals surface area contributed by atoms with E-state index >= 15 is 0 Å². The smallest absolute Gasteiger partial charge is 0.252 e. The van der Waals surface area contributed by atoms with Gasteiger partial charge >= 0.3 is 0 Å². The van der Waals surface area contributed by atoms with Crippen molar-refractivity contribution in [3.63, 3.8) is 0 Å². The molecule has 1 aromatic heterocycles. The van der Waals surface area contributed by atoms with Crippen LogP contribution in [0.2, 0.25) is 0 Å². The van der Waals surface area contributed by atoms with Gasteiger partial charge in [0.1, 0.15) is 5.60 Å². The van der Waals surface area contributed by atoms with Gasteiger partial charge in [0.15, 0.2) is 5.78 Å². The first-order valence-corrected chi connectivity index (χ1v) is 9.01. The molecule has 0 radical (unpaired) electrons. The predicted octanol–water partition coefficient (Wildman–Crippen LogP) is 1.78. The van der Waals surface area contributed by atoms with Gasteiger partial charge in [-0.2, -0.15) is 0 Å². The highest BCUT2D eigenvalue weighted by Gasteiger charge is 2.30. The maximum atomic E-state index is 12.5. The molecule has 134 valence electrons. The molecule has 1 atom stereocenters. The number of Topliss-reactive ketones (excluding diaryl/α,β-unsaturated/α-hetero) is 1. The molecule has 0 aliphatic carbocycles. The van der Waals surface area contributed by atoms with Crippen LogP contribution in [-0.4, -0.2) is 47.7 Å². The topological polar surface area (TPSA) is 94.3 Å². The van der Waals surface area contributed by atoms with Crippen LogP contribution in [0, 0.1) is 0 Å². The summed E-state index contributed by atoms with van der Waals surface area (Å²) in [5, 5.41) is 2.82. The first kappa shape index (κ1) is 20.6. The van der Waals surface area contributed by atoms with Gasteiger partial charge in [-0.3, -0.25) is 14.6 Å². The summed E-state index contributed by atoms with van der Waals surface area (Å²) in [6.45, 7) is 3.92. The molecule has 1 aromatic rings. The molecule has 1 heterocycles. The number of rotatable bonds is 11. The Hall–Kier alpha value is -1.44. The maximum absolute atomic E-state index is 12.5. The molecule has 1 amide bonds. The number of carbonyl (C=O) groups is 2. The fraction of sp³-hybridized carbons (Fsp3) is 0.588. The van der Waals surface area contributed by atoms with Crippen LogP contribution < -0.4 is 11.1 Å². The van der Waals surface area contributed by atoms with Gasteiger partial charge in [0.05, 0.1) is 11.8 Å². The molecule has 0 saturated heterocycles. The summed E-state index contributed by atoms with van der Waals surface area (Å²) in [7, 11) is 1.48. The lowest BCUT2D eigenvalue weighted by Crippen LogP contribution is -2.50. The van der Waals surface area contributed by atoms with Crippen molar-refractivity contribution in [1.29, 1.82) is 0 Å². The molecule has 3 N–H and O–H groups in total. The molecule has 6 nitrogen and oxygen atoms in total. The fourth-order valence-electron chi connectivity index (χ4n) is 1.92. The highest BCUT2D eigenvalue weighted by atomic mass is 32.2. The van der Waals surface area contributed by atoms with Gasteiger partial charge in [-0.1, -0.05) is 0 Å². The zero-order valence-electron chi connectivity index (χ0n) is 14.6. The Morgan fingerprint density at radius 2 is 2.17 bits per heavy atom. The van der Waals surface area contributed by atoms with Gasteiger partial charge < -0.3 is 15.8 Å². The maximum Gasteiger partial charge on any atom is 0.252 e. The molecular formula is C17H27N3O3S. The highest BCUT2D eigenvalue weighted by molar-refractivity contribution is 8.00. The lowest BCUT2D eigenvalue weighted by Gasteiger charge is -2.25. The van der Waals surface area contributed by atoms with Crippen LogP contribution in [0.5, 0.6) is 0 Å². The average molecular weight is 353 g/mol. The predicted molar refractivity (Wildman–Crippen MR) is 95.9 cm³/mol. The van der Waals surface area contributed by atoms with Gasteiger partial charge in [0, 0.05) is 24.4 Å². The number of aromatic nitrogens is 1. The van der Waals surface area contributed by atoms with E-state index in [0.29, 0.717) is 13.0 Å². The molecule has 7 heteroatoms. The van der Waals surface area contributed by atoms with Gasteiger partial charge in [-0.05, 0) is 51.8 Å². The van der Waals surface area contributed by atoms with Crippen molar-refractivity contribution in [3.05, 3.63) is 24.5 Å². The van der Waals surface area contributed by atoms with Crippen LogP contribution >= 0.6 is 11.8 Å². The van der Waals surface area contributed by atoms with Crippen molar-refractivity contribution >= 4 is 23.5 Å². The Morgan fingerprint density at radius 1 is 1.42 bits per heavy atom. The zero-order chi connectivity index (χ0) is 18.0. The third kappa shape index (κ3) is 6.98. The fourth-order valence-corrected chi connectivity index (χ4v) is 2.74. The van der Waals surface area contributed by atoms with Crippen LogP contribution in [0.25, 0.3) is 0 Å². The Labute approximate surface area is 147 Å². The van der Waals surface area contributed by atoms with E-state index in [1.54, 1.807) is 26.2 Å². The second-order valence-corrected chi connectivity index (χ2v) is 7.02. The van der Waals surface area contributed by atoms with Crippen molar-refractivity contribution in [2.24, 2.45) is 5.73 Å². The Morgan fingerprint density at radius 3 is 2.75 bits per heavy atom. The Balaban J connectivity index is 2.65. The second-order valence-electron chi connectivity index (χ2n) is 5.97. The summed E-state index contributed by atoms with van der Waals surface area (Å²) in [6.07, 6.45) is 5.60. The first-order chi connectivity index (χ1) is 11.4. The third-order valence-corrected chi connectivity index (χ3v) is 4.72. The van der Waals surface area contributed by atoms with Gasteiger partial charge in [0.2, 0.25) is 0 Å². The monoisotopic (exact) mass is 353 g/mol. The van der Waals surface area contributed by atoms with Gasteiger partial charge in [-0.15, -0.1) is 11.8 Å². The molecule has 0 aliphatic rings. The number of unbranched alkanes of at least 4 members (excludes halogenated alkanes) is 1. The summed E-state index contributed by atoms with van der Waals surface area (Å²) in [5.74, 6) is -0.0178. The van der Waals surface area contributed by atoms with E-state index in [-0.39, 0.29) is 17.4 Å². The van der Waals surface area contributed by atoms with Crippen LogP contribution in [0.1, 0.15) is 33.1 Å². The number of ketones is 1. The number of thioether (sulfide) groups is 1. The lowest BCUT2D eigenvalue weighted by atomic mass is 10.0. The number of ether oxygens (including phenoxy) is 1. The number of pyridine rings is 1. The minimum Gasteiger partial charge on any atom is -0.369 e. The molecule has 0 aliphatic heterocycles. The second kappa shape index (κ2) is 10.4. The number of nitrogens with two attached hydrogens (primary N) is 1. The lowest BCUT2D eigenvalue weighted by molar-refractivity contribution is -0.141. The van der Waals surface area contributed by atoms with E-state index in [2.05, 4.69) is 10.3 Å². The first-order valence-electron chi connectivity index (χ1n) is 8.02. The van der Waals surface area contributed by atoms with Crippen LogP contribution in [0.3, 0.4) is 0 Å². The minimum atomic E-state index is -0.969. The normalized spacial score (nSPS) is 12.7. The summed E-state index contributed by atoms with van der Waals surface area (Å²) in [4.78, 5) is 29.8. The summed E-state index contributed by atoms with van der Waals surface area (Å²) in [5.41, 5.74) is 4.54. The van der Waals surface area contributed by atoms with Crippen LogP contribution in [0.15, 0.2) is 29.4 Å². The van der Waals surface area contributed by atoms with Crippen LogP contribution in [-0.2, 0) is 14.3 Å². The molecule has 24 heavy (non-hydrogen) atoms. The summed E-state index contributed by atoms with van der Waals surface area (Å²) in [6, 6.07) is 3.21. The van der Waals surface area contributed by atoms with E-state index in [1.807, 2.05) is 12.1 Å². The SMILES string of the molecule is COC(C)(C)C(=O)N[C@@H](CCCCN)C(=O)CSc1cccnc1. The molecule has 0 saturated carbocycles. The highest BCUT2D eigenvalue weighted by Crippen LogP contribution is 2.18. The molecule has 0 bridgehead atoms. The number of carbonyl (C=O) groups excluding carboxylic acids is 2. The largest absolute Gasteiger partial charge is 0.369 e. The molecule has 1 rings (SSSR count). The third-order valence-electron chi connectivity index (χ3n) is 3.71. The van der Waals surface area contributed by atoms with Gasteiger partial charge in [-0.25, -0.2) is 0 Å². The van der Waals surface area contributed by atoms with Crippen molar-refractivity contribution in [1.82, 2.24) is 10.3 Å². The standard InChI is InChI=1S/C17H27N3O3S/c1-17(2,23-3)16(22)20-14(8-4-5-9-18)15(21)12-24-13-7-6-10-19-11-13/h6-7,10-11,14H,4-5,8-9,12,18H2,1-3H3,(H,20,22)/t14-/m0/s1. The van der Waals surface area contributed by atoms with E-state index in [1.165, 1.54) is 18.9 Å².